The molecule has 2 saturated carbocycles. The number of alkyl halides is 5. The van der Waals surface area contributed by atoms with Crippen LogP contribution in [0.1, 0.15) is 51.4 Å². The molecule has 1 aromatic rings. The minimum atomic E-state index is -5.07. The molecule has 0 heterocycles. The number of rotatable bonds is 5. The second-order valence-corrected chi connectivity index (χ2v) is 8.71. The molecule has 3 rings (SSSR count). The SMILES string of the molecule is Fc1cc(OC(F)(F)C2CCC(C3CCC(S)CC3)CC2)ccc1OC(F)(F)F. The smallest absolute Gasteiger partial charge is 0.432 e. The van der Waals surface area contributed by atoms with E-state index in [1.54, 1.807) is 0 Å². The Kier molecular flexibility index (Phi) is 6.85. The fraction of sp³-hybridized carbons (Fsp3) is 0.700. The largest absolute Gasteiger partial charge is 0.573 e. The van der Waals surface area contributed by atoms with E-state index in [4.69, 9.17) is 0 Å². The van der Waals surface area contributed by atoms with E-state index in [1.807, 2.05) is 0 Å². The van der Waals surface area contributed by atoms with Gasteiger partial charge in [0.05, 0.1) is 5.92 Å². The first kappa shape index (κ1) is 22.4. The Bertz CT molecular complexity index is 680. The Morgan fingerprint density at radius 2 is 1.34 bits per heavy atom. The number of hydrogen-bond donors (Lipinski definition) is 1. The third-order valence-electron chi connectivity index (χ3n) is 6.04. The number of ether oxygens (including phenoxy) is 2. The Morgan fingerprint density at radius 3 is 1.86 bits per heavy atom. The molecular weight excluding hydrogens is 418 g/mol. The molecule has 2 aliphatic carbocycles. The summed E-state index contributed by atoms with van der Waals surface area (Å²) in [5, 5.41) is 0.439. The summed E-state index contributed by atoms with van der Waals surface area (Å²) in [6, 6.07) is 1.96. The quantitative estimate of drug-likeness (QED) is 0.391. The summed E-state index contributed by atoms with van der Waals surface area (Å²) in [4.78, 5) is 0. The first-order valence-electron chi connectivity index (χ1n) is 9.83. The van der Waals surface area contributed by atoms with Gasteiger partial charge >= 0.3 is 12.5 Å². The van der Waals surface area contributed by atoms with Crippen molar-refractivity contribution in [2.24, 2.45) is 17.8 Å². The van der Waals surface area contributed by atoms with E-state index in [2.05, 4.69) is 22.1 Å². The molecule has 0 spiro atoms. The van der Waals surface area contributed by atoms with Crippen LogP contribution in [0.15, 0.2) is 18.2 Å². The molecule has 2 fully saturated rings. The van der Waals surface area contributed by atoms with E-state index in [1.165, 1.54) is 0 Å². The third kappa shape index (κ3) is 6.12. The molecule has 29 heavy (non-hydrogen) atoms. The highest BCUT2D eigenvalue weighted by molar-refractivity contribution is 7.80. The summed E-state index contributed by atoms with van der Waals surface area (Å²) >= 11 is 4.49. The van der Waals surface area contributed by atoms with Crippen LogP contribution in [0.4, 0.5) is 26.3 Å². The van der Waals surface area contributed by atoms with Gasteiger partial charge in [0.25, 0.3) is 0 Å². The molecule has 0 amide bonds. The molecule has 0 aliphatic heterocycles. The van der Waals surface area contributed by atoms with Crippen molar-refractivity contribution in [3.8, 4) is 11.5 Å². The van der Waals surface area contributed by atoms with Gasteiger partial charge in [-0.15, -0.1) is 13.2 Å². The minimum absolute atomic E-state index is 0.302. The lowest BCUT2D eigenvalue weighted by molar-refractivity contribution is -0.275. The molecule has 0 aromatic heterocycles. The van der Waals surface area contributed by atoms with Gasteiger partial charge in [0.15, 0.2) is 11.6 Å². The second-order valence-electron chi connectivity index (χ2n) is 7.98. The zero-order chi connectivity index (χ0) is 21.2. The maximum absolute atomic E-state index is 14.6. The van der Waals surface area contributed by atoms with Crippen molar-refractivity contribution >= 4 is 12.6 Å². The average molecular weight is 442 g/mol. The Balaban J connectivity index is 1.55. The van der Waals surface area contributed by atoms with Gasteiger partial charge in [-0.05, 0) is 75.3 Å². The van der Waals surface area contributed by atoms with E-state index in [9.17, 15) is 26.3 Å². The van der Waals surface area contributed by atoms with Crippen molar-refractivity contribution < 1.29 is 35.8 Å². The van der Waals surface area contributed by atoms with Gasteiger partial charge in [-0.25, -0.2) is 4.39 Å². The van der Waals surface area contributed by atoms with E-state index in [0.717, 1.165) is 31.7 Å². The van der Waals surface area contributed by atoms with Crippen LogP contribution in [0.3, 0.4) is 0 Å². The number of halogens is 6. The lowest BCUT2D eigenvalue weighted by Crippen LogP contribution is -2.38. The lowest BCUT2D eigenvalue weighted by Gasteiger charge is -2.38. The molecule has 0 bridgehead atoms. The summed E-state index contributed by atoms with van der Waals surface area (Å²) < 4.78 is 87.5. The van der Waals surface area contributed by atoms with Gasteiger partial charge < -0.3 is 9.47 Å². The zero-order valence-corrected chi connectivity index (χ0v) is 16.6. The Labute approximate surface area is 171 Å². The second kappa shape index (κ2) is 8.86. The first-order valence-corrected chi connectivity index (χ1v) is 10.4. The van der Waals surface area contributed by atoms with Crippen molar-refractivity contribution in [1.82, 2.24) is 0 Å². The molecule has 2 nitrogen and oxygen atoms in total. The van der Waals surface area contributed by atoms with E-state index in [-0.39, 0.29) is 0 Å². The molecule has 0 saturated heterocycles. The number of hydrogen-bond acceptors (Lipinski definition) is 3. The van der Waals surface area contributed by atoms with Crippen molar-refractivity contribution in [3.63, 3.8) is 0 Å². The highest BCUT2D eigenvalue weighted by Gasteiger charge is 2.45. The maximum atomic E-state index is 14.6. The monoisotopic (exact) mass is 442 g/mol. The minimum Gasteiger partial charge on any atom is -0.432 e. The highest BCUT2D eigenvalue weighted by atomic mass is 32.1. The molecule has 1 aromatic carbocycles. The van der Waals surface area contributed by atoms with Gasteiger partial charge in [-0.3, -0.25) is 0 Å². The number of thiol groups is 1. The average Bonchev–Trinajstić information content (AvgIpc) is 2.63. The van der Waals surface area contributed by atoms with Crippen LogP contribution in [0.5, 0.6) is 11.5 Å². The van der Waals surface area contributed by atoms with Crippen LogP contribution in [-0.2, 0) is 0 Å². The summed E-state index contributed by atoms with van der Waals surface area (Å²) in [5.41, 5.74) is 0. The van der Waals surface area contributed by atoms with Gasteiger partial charge in [0, 0.05) is 11.3 Å². The van der Waals surface area contributed by atoms with Gasteiger partial charge in [-0.2, -0.15) is 21.4 Å². The predicted molar refractivity (Wildman–Crippen MR) is 98.8 cm³/mol. The van der Waals surface area contributed by atoms with E-state index in [0.29, 0.717) is 54.9 Å². The molecule has 0 N–H and O–H groups in total. The van der Waals surface area contributed by atoms with Crippen LogP contribution in [0.2, 0.25) is 0 Å². The standard InChI is InChI=1S/C20H24F6O2S/c21-17-11-15(7-10-18(17)28-20(24,25)26)27-19(22,23)14-5-1-12(2-6-14)13-3-8-16(29)9-4-13/h7,10-14,16,29H,1-6,8-9H2. The van der Waals surface area contributed by atoms with E-state index < -0.39 is 35.7 Å². The molecule has 0 atom stereocenters. The molecule has 0 unspecified atom stereocenters. The Morgan fingerprint density at radius 1 is 0.793 bits per heavy atom. The summed E-state index contributed by atoms with van der Waals surface area (Å²) in [7, 11) is 0. The normalized spacial score (nSPS) is 28.8. The molecular formula is C20H24F6O2S. The third-order valence-corrected chi connectivity index (χ3v) is 6.55. The van der Waals surface area contributed by atoms with Crippen LogP contribution < -0.4 is 9.47 Å². The van der Waals surface area contributed by atoms with Crippen LogP contribution in [-0.4, -0.2) is 17.7 Å². The van der Waals surface area contributed by atoms with Crippen molar-refractivity contribution in [3.05, 3.63) is 24.0 Å². The van der Waals surface area contributed by atoms with Crippen molar-refractivity contribution in [2.45, 2.75) is 69.1 Å². The molecule has 2 aliphatic rings. The van der Waals surface area contributed by atoms with Gasteiger partial charge in [-0.1, -0.05) is 0 Å². The molecule has 0 radical (unpaired) electrons. The first-order chi connectivity index (χ1) is 13.5. The van der Waals surface area contributed by atoms with Crippen LogP contribution >= 0.6 is 12.6 Å². The topological polar surface area (TPSA) is 18.5 Å². The van der Waals surface area contributed by atoms with Gasteiger partial charge in [0.2, 0.25) is 0 Å². The summed E-state index contributed by atoms with van der Waals surface area (Å²) in [6.07, 6.45) is -2.31. The maximum Gasteiger partial charge on any atom is 0.573 e. The molecule has 164 valence electrons. The fourth-order valence-electron chi connectivity index (χ4n) is 4.49. The van der Waals surface area contributed by atoms with Crippen molar-refractivity contribution in [1.29, 1.82) is 0 Å². The lowest BCUT2D eigenvalue weighted by atomic mass is 9.70. The van der Waals surface area contributed by atoms with Crippen LogP contribution in [0, 0.1) is 23.6 Å². The zero-order valence-electron chi connectivity index (χ0n) is 15.7. The highest BCUT2D eigenvalue weighted by Crippen LogP contribution is 2.45. The molecule has 9 heteroatoms. The predicted octanol–water partition coefficient (Wildman–Crippen LogP) is 6.99. The summed E-state index contributed by atoms with van der Waals surface area (Å²) in [5.74, 6) is -3.06. The number of benzene rings is 1. The Hall–Kier alpha value is -1.25. The van der Waals surface area contributed by atoms with Crippen LogP contribution in [0.25, 0.3) is 0 Å². The fourth-order valence-corrected chi connectivity index (χ4v) is 4.79. The van der Waals surface area contributed by atoms with Gasteiger partial charge in [0.1, 0.15) is 5.75 Å². The summed E-state index contributed by atoms with van der Waals surface area (Å²) in [6.45, 7) is 0. The van der Waals surface area contributed by atoms with Crippen molar-refractivity contribution in [2.75, 3.05) is 0 Å². The van der Waals surface area contributed by atoms with E-state index >= 15 is 0 Å².